The van der Waals surface area contributed by atoms with Gasteiger partial charge in [-0.1, -0.05) is 12.1 Å². The minimum absolute atomic E-state index is 0.0177. The van der Waals surface area contributed by atoms with Gasteiger partial charge in [-0.15, -0.1) is 0 Å². The predicted octanol–water partition coefficient (Wildman–Crippen LogP) is 0.834. The van der Waals surface area contributed by atoms with Crippen molar-refractivity contribution in [2.24, 2.45) is 0 Å². The SMILES string of the molecule is Cc1cccc(C[N+](C)(CCO)CCO)c1[N+](=O)[O-]. The number of para-hydroxylation sites is 1. The molecular formula is C13H21N2O4+. The maximum absolute atomic E-state index is 11.1. The number of nitro benzene ring substituents is 1. The number of hydrogen-bond donors (Lipinski definition) is 2. The molecule has 0 spiro atoms. The minimum atomic E-state index is -0.368. The molecule has 0 aliphatic heterocycles. The number of hydrogen-bond acceptors (Lipinski definition) is 4. The number of nitro groups is 1. The van der Waals surface area contributed by atoms with E-state index in [9.17, 15) is 10.1 Å². The van der Waals surface area contributed by atoms with Crippen molar-refractivity contribution in [2.45, 2.75) is 13.5 Å². The van der Waals surface area contributed by atoms with E-state index in [2.05, 4.69) is 0 Å². The number of quaternary nitrogens is 1. The molecule has 0 bridgehead atoms. The molecule has 2 N–H and O–H groups in total. The van der Waals surface area contributed by atoms with Crippen LogP contribution in [0.5, 0.6) is 0 Å². The van der Waals surface area contributed by atoms with Crippen LogP contribution in [-0.2, 0) is 6.54 Å². The second-order valence-corrected chi connectivity index (χ2v) is 5.01. The number of aliphatic hydroxyl groups excluding tert-OH is 2. The summed E-state index contributed by atoms with van der Waals surface area (Å²) in [7, 11) is 1.87. The van der Waals surface area contributed by atoms with Gasteiger partial charge < -0.3 is 14.7 Å². The maximum atomic E-state index is 11.1. The summed E-state index contributed by atoms with van der Waals surface area (Å²) < 4.78 is 0.372. The molecule has 0 saturated heterocycles. The molecule has 0 amide bonds. The lowest BCUT2D eigenvalue weighted by molar-refractivity contribution is -0.923. The first-order valence-corrected chi connectivity index (χ1v) is 6.21. The van der Waals surface area contributed by atoms with Gasteiger partial charge in [-0.25, -0.2) is 0 Å². The first kappa shape index (κ1) is 15.6. The Morgan fingerprint density at radius 3 is 2.32 bits per heavy atom. The average molecular weight is 269 g/mol. The van der Waals surface area contributed by atoms with Gasteiger partial charge in [0, 0.05) is 5.56 Å². The highest BCUT2D eigenvalue weighted by atomic mass is 16.6. The van der Waals surface area contributed by atoms with Gasteiger partial charge in [0.15, 0.2) is 0 Å². The summed E-state index contributed by atoms with van der Waals surface area (Å²) in [5, 5.41) is 29.4. The predicted molar refractivity (Wildman–Crippen MR) is 71.6 cm³/mol. The fourth-order valence-electron chi connectivity index (χ4n) is 2.27. The van der Waals surface area contributed by atoms with Gasteiger partial charge >= 0.3 is 0 Å². The number of likely N-dealkylation sites (N-methyl/N-ethyl adjacent to an activating group) is 1. The molecule has 1 aromatic rings. The smallest absolute Gasteiger partial charge is 0.281 e. The molecule has 1 aromatic carbocycles. The van der Waals surface area contributed by atoms with E-state index in [-0.39, 0.29) is 23.8 Å². The van der Waals surface area contributed by atoms with Crippen molar-refractivity contribution in [1.82, 2.24) is 0 Å². The molecule has 0 radical (unpaired) electrons. The molecule has 0 atom stereocenters. The summed E-state index contributed by atoms with van der Waals surface area (Å²) >= 11 is 0. The lowest BCUT2D eigenvalue weighted by atomic mass is 10.1. The highest BCUT2D eigenvalue weighted by Gasteiger charge is 2.26. The number of benzene rings is 1. The zero-order valence-electron chi connectivity index (χ0n) is 11.4. The molecule has 0 aliphatic carbocycles. The Hall–Kier alpha value is -1.50. The number of nitrogens with zero attached hydrogens (tertiary/aromatic N) is 2. The summed E-state index contributed by atoms with van der Waals surface area (Å²) in [5.74, 6) is 0. The van der Waals surface area contributed by atoms with Crippen molar-refractivity contribution in [3.8, 4) is 0 Å². The Labute approximate surface area is 112 Å². The lowest BCUT2D eigenvalue weighted by Gasteiger charge is -2.33. The van der Waals surface area contributed by atoms with E-state index >= 15 is 0 Å². The molecule has 6 heteroatoms. The van der Waals surface area contributed by atoms with Crippen LogP contribution in [-0.4, -0.2) is 53.0 Å². The molecule has 0 aliphatic rings. The minimum Gasteiger partial charge on any atom is -0.391 e. The quantitative estimate of drug-likeness (QED) is 0.436. The van der Waals surface area contributed by atoms with E-state index in [1.54, 1.807) is 25.1 Å². The highest BCUT2D eigenvalue weighted by molar-refractivity contribution is 5.46. The zero-order chi connectivity index (χ0) is 14.5. The van der Waals surface area contributed by atoms with E-state index in [1.165, 1.54) is 0 Å². The monoisotopic (exact) mass is 269 g/mol. The van der Waals surface area contributed by atoms with Gasteiger partial charge in [0.2, 0.25) is 0 Å². The fraction of sp³-hybridized carbons (Fsp3) is 0.538. The van der Waals surface area contributed by atoms with Gasteiger partial charge in [-0.2, -0.15) is 0 Å². The first-order valence-electron chi connectivity index (χ1n) is 6.21. The van der Waals surface area contributed by atoms with E-state index in [4.69, 9.17) is 10.2 Å². The Balaban J connectivity index is 3.09. The van der Waals surface area contributed by atoms with Crippen molar-refractivity contribution in [3.05, 3.63) is 39.4 Å². The largest absolute Gasteiger partial charge is 0.391 e. The van der Waals surface area contributed by atoms with Crippen LogP contribution in [0.2, 0.25) is 0 Å². The van der Waals surface area contributed by atoms with E-state index in [0.29, 0.717) is 35.2 Å². The van der Waals surface area contributed by atoms with Crippen LogP contribution in [0.3, 0.4) is 0 Å². The van der Waals surface area contributed by atoms with Crippen LogP contribution in [0.1, 0.15) is 11.1 Å². The van der Waals surface area contributed by atoms with Crippen molar-refractivity contribution >= 4 is 5.69 Å². The molecule has 0 fully saturated rings. The van der Waals surface area contributed by atoms with Crippen LogP contribution in [0.15, 0.2) is 18.2 Å². The van der Waals surface area contributed by atoms with Gasteiger partial charge in [0.25, 0.3) is 5.69 Å². The molecule has 106 valence electrons. The Bertz CT molecular complexity index is 442. The molecular weight excluding hydrogens is 248 g/mol. The topological polar surface area (TPSA) is 83.6 Å². The van der Waals surface area contributed by atoms with E-state index in [0.717, 1.165) is 0 Å². The van der Waals surface area contributed by atoms with Gasteiger partial charge in [-0.3, -0.25) is 10.1 Å². The van der Waals surface area contributed by atoms with Crippen molar-refractivity contribution in [1.29, 1.82) is 0 Å². The van der Waals surface area contributed by atoms with Gasteiger partial charge in [0.1, 0.15) is 19.6 Å². The molecule has 0 heterocycles. The van der Waals surface area contributed by atoms with Gasteiger partial charge in [-0.05, 0) is 13.0 Å². The Morgan fingerprint density at radius 1 is 1.26 bits per heavy atom. The van der Waals surface area contributed by atoms with E-state index < -0.39 is 0 Å². The van der Waals surface area contributed by atoms with Crippen molar-refractivity contribution in [3.63, 3.8) is 0 Å². The maximum Gasteiger partial charge on any atom is 0.281 e. The van der Waals surface area contributed by atoms with Crippen molar-refractivity contribution < 1.29 is 19.6 Å². The first-order chi connectivity index (χ1) is 8.93. The normalized spacial score (nSPS) is 11.6. The third kappa shape index (κ3) is 3.99. The number of aliphatic hydroxyl groups is 2. The standard InChI is InChI=1S/C13H21N2O4/c1-11-4-3-5-12(13(11)14(18)19)10-15(2,6-8-16)7-9-17/h3-5,16-17H,6-10H2,1-2H3/q+1. The molecule has 0 aromatic heterocycles. The number of rotatable bonds is 7. The molecule has 0 unspecified atom stereocenters. The van der Waals surface area contributed by atoms with Crippen LogP contribution < -0.4 is 0 Å². The Kier molecular flexibility index (Phi) is 5.41. The number of aryl methyl sites for hydroxylation is 1. The average Bonchev–Trinajstić information content (AvgIpc) is 2.28. The summed E-state index contributed by atoms with van der Waals surface area (Å²) in [6.07, 6.45) is 0. The Morgan fingerprint density at radius 2 is 1.84 bits per heavy atom. The van der Waals surface area contributed by atoms with Crippen LogP contribution in [0.25, 0.3) is 0 Å². The summed E-state index contributed by atoms with van der Waals surface area (Å²) in [6.45, 7) is 2.99. The third-order valence-corrected chi connectivity index (χ3v) is 3.34. The summed E-state index contributed by atoms with van der Waals surface area (Å²) in [4.78, 5) is 10.8. The molecule has 1 rings (SSSR count). The highest BCUT2D eigenvalue weighted by Crippen LogP contribution is 2.26. The fourth-order valence-corrected chi connectivity index (χ4v) is 2.27. The molecule has 0 saturated carbocycles. The lowest BCUT2D eigenvalue weighted by Crippen LogP contribution is -2.47. The van der Waals surface area contributed by atoms with Crippen LogP contribution in [0.4, 0.5) is 5.69 Å². The second-order valence-electron chi connectivity index (χ2n) is 5.01. The summed E-state index contributed by atoms with van der Waals surface area (Å²) in [5.41, 5.74) is 1.39. The van der Waals surface area contributed by atoms with Gasteiger partial charge in [0.05, 0.1) is 30.7 Å². The van der Waals surface area contributed by atoms with Crippen LogP contribution in [0, 0.1) is 17.0 Å². The molecule has 6 nitrogen and oxygen atoms in total. The molecule has 19 heavy (non-hydrogen) atoms. The third-order valence-electron chi connectivity index (χ3n) is 3.34. The van der Waals surface area contributed by atoms with Crippen LogP contribution >= 0.6 is 0 Å². The van der Waals surface area contributed by atoms with E-state index in [1.807, 2.05) is 7.05 Å². The summed E-state index contributed by atoms with van der Waals surface area (Å²) in [6, 6.07) is 5.24. The van der Waals surface area contributed by atoms with Crippen molar-refractivity contribution in [2.75, 3.05) is 33.4 Å². The zero-order valence-corrected chi connectivity index (χ0v) is 11.4. The second kappa shape index (κ2) is 6.60.